The highest BCUT2D eigenvalue weighted by molar-refractivity contribution is 7.14. The van der Waals surface area contributed by atoms with Crippen molar-refractivity contribution in [2.45, 2.75) is 27.4 Å². The number of hydrogen-bond acceptors (Lipinski definition) is 8. The standard InChI is InChI=1S/C21H20N4O5S/c1-12-4-7-19(13(2)8-12)24(14(3)26)21-23-15(11-31-21)10-30-20(27)17-9-16(25(28)29)5-6-18(17)22/h4-9,11H,10,22H2,1-3H3. The molecule has 0 fully saturated rings. The van der Waals surface area contributed by atoms with E-state index < -0.39 is 10.9 Å². The van der Waals surface area contributed by atoms with Crippen LogP contribution in [0, 0.1) is 24.0 Å². The van der Waals surface area contributed by atoms with E-state index in [0.29, 0.717) is 10.8 Å². The maximum Gasteiger partial charge on any atom is 0.340 e. The molecule has 0 aliphatic heterocycles. The van der Waals surface area contributed by atoms with Crippen LogP contribution in [0.4, 0.5) is 22.2 Å². The second-order valence-corrected chi connectivity index (χ2v) is 7.71. The maximum absolute atomic E-state index is 12.3. The molecule has 160 valence electrons. The van der Waals surface area contributed by atoms with Gasteiger partial charge in [0.1, 0.15) is 6.61 Å². The number of esters is 1. The molecule has 10 heteroatoms. The third-order valence-corrected chi connectivity index (χ3v) is 5.33. The number of rotatable bonds is 6. The zero-order chi connectivity index (χ0) is 22.7. The van der Waals surface area contributed by atoms with Gasteiger partial charge in [0.05, 0.1) is 21.9 Å². The van der Waals surface area contributed by atoms with Crippen LogP contribution in [-0.2, 0) is 16.1 Å². The number of aromatic nitrogens is 1. The first-order valence-corrected chi connectivity index (χ1v) is 10.1. The van der Waals surface area contributed by atoms with Gasteiger partial charge in [0.25, 0.3) is 5.69 Å². The van der Waals surface area contributed by atoms with Crippen LogP contribution >= 0.6 is 11.3 Å². The summed E-state index contributed by atoms with van der Waals surface area (Å²) in [7, 11) is 0. The maximum atomic E-state index is 12.3. The number of nitrogens with two attached hydrogens (primary N) is 1. The molecule has 3 rings (SSSR count). The molecule has 2 aromatic carbocycles. The first-order valence-electron chi connectivity index (χ1n) is 9.20. The average molecular weight is 440 g/mol. The number of nitrogen functional groups attached to an aromatic ring is 1. The second kappa shape index (κ2) is 8.92. The number of thiazole rings is 1. The van der Waals surface area contributed by atoms with E-state index in [4.69, 9.17) is 10.5 Å². The molecule has 0 saturated heterocycles. The van der Waals surface area contributed by atoms with E-state index >= 15 is 0 Å². The van der Waals surface area contributed by atoms with Crippen molar-refractivity contribution in [3.8, 4) is 0 Å². The molecule has 1 heterocycles. The fraction of sp³-hybridized carbons (Fsp3) is 0.190. The molecule has 0 saturated carbocycles. The summed E-state index contributed by atoms with van der Waals surface area (Å²) in [5.41, 5.74) is 8.64. The number of nitro benzene ring substituents is 1. The Hall–Kier alpha value is -3.79. The van der Waals surface area contributed by atoms with Crippen LogP contribution in [0.15, 0.2) is 41.8 Å². The number of aryl methyl sites for hydroxylation is 2. The van der Waals surface area contributed by atoms with Crippen LogP contribution in [0.25, 0.3) is 0 Å². The van der Waals surface area contributed by atoms with E-state index in [9.17, 15) is 19.7 Å². The van der Waals surface area contributed by atoms with Crippen molar-refractivity contribution in [2.75, 3.05) is 10.6 Å². The van der Waals surface area contributed by atoms with Crippen molar-refractivity contribution in [3.63, 3.8) is 0 Å². The second-order valence-electron chi connectivity index (χ2n) is 6.87. The van der Waals surface area contributed by atoms with Gasteiger partial charge in [-0.2, -0.15) is 0 Å². The van der Waals surface area contributed by atoms with Crippen molar-refractivity contribution in [3.05, 3.63) is 74.3 Å². The first-order chi connectivity index (χ1) is 14.7. The topological polar surface area (TPSA) is 129 Å². The number of nitrogens with zero attached hydrogens (tertiary/aromatic N) is 3. The van der Waals surface area contributed by atoms with Crippen molar-refractivity contribution in [2.24, 2.45) is 0 Å². The first kappa shape index (κ1) is 21.9. The summed E-state index contributed by atoms with van der Waals surface area (Å²) < 4.78 is 5.23. The Kier molecular flexibility index (Phi) is 6.30. The van der Waals surface area contributed by atoms with Crippen LogP contribution in [0.5, 0.6) is 0 Å². The number of amides is 1. The number of nitro groups is 1. The van der Waals surface area contributed by atoms with Gasteiger partial charge in [-0.05, 0) is 31.5 Å². The Bertz CT molecular complexity index is 1170. The van der Waals surface area contributed by atoms with Crippen LogP contribution in [-0.4, -0.2) is 21.8 Å². The van der Waals surface area contributed by atoms with Gasteiger partial charge in [-0.3, -0.25) is 19.8 Å². The zero-order valence-electron chi connectivity index (χ0n) is 17.1. The van der Waals surface area contributed by atoms with Crippen LogP contribution in [0.3, 0.4) is 0 Å². The Labute approximate surface area is 182 Å². The van der Waals surface area contributed by atoms with E-state index in [-0.39, 0.29) is 29.5 Å². The molecule has 1 amide bonds. The summed E-state index contributed by atoms with van der Waals surface area (Å²) in [4.78, 5) is 40.9. The van der Waals surface area contributed by atoms with Gasteiger partial charge in [0.15, 0.2) is 5.13 Å². The molecule has 2 N–H and O–H groups in total. The lowest BCUT2D eigenvalue weighted by Crippen LogP contribution is -2.23. The van der Waals surface area contributed by atoms with E-state index in [1.54, 1.807) is 5.38 Å². The lowest BCUT2D eigenvalue weighted by atomic mass is 10.1. The number of hydrogen-bond donors (Lipinski definition) is 1. The quantitative estimate of drug-likeness (QED) is 0.262. The average Bonchev–Trinajstić information content (AvgIpc) is 3.16. The Balaban J connectivity index is 1.78. The molecule has 3 aromatic rings. The van der Waals surface area contributed by atoms with Gasteiger partial charge in [0, 0.05) is 30.1 Å². The smallest absolute Gasteiger partial charge is 0.340 e. The van der Waals surface area contributed by atoms with E-state index in [2.05, 4.69) is 4.98 Å². The Morgan fingerprint density at radius 2 is 1.97 bits per heavy atom. The van der Waals surface area contributed by atoms with Crippen molar-refractivity contribution < 1.29 is 19.2 Å². The minimum atomic E-state index is -0.798. The van der Waals surface area contributed by atoms with E-state index in [0.717, 1.165) is 22.9 Å². The molecule has 0 radical (unpaired) electrons. The summed E-state index contributed by atoms with van der Waals surface area (Å²) in [6.45, 7) is 5.17. The predicted molar refractivity (Wildman–Crippen MR) is 117 cm³/mol. The predicted octanol–water partition coefficient (Wildman–Crippen LogP) is 4.29. The number of benzene rings is 2. The van der Waals surface area contributed by atoms with Crippen molar-refractivity contribution >= 4 is 45.4 Å². The molecular formula is C21H20N4O5S. The summed E-state index contributed by atoms with van der Waals surface area (Å²) in [6, 6.07) is 9.32. The van der Waals surface area contributed by atoms with E-state index in [1.165, 1.54) is 35.3 Å². The fourth-order valence-electron chi connectivity index (χ4n) is 2.98. The number of non-ortho nitro benzene ring substituents is 1. The monoisotopic (exact) mass is 440 g/mol. The lowest BCUT2D eigenvalue weighted by Gasteiger charge is -2.20. The van der Waals surface area contributed by atoms with Crippen LogP contribution < -0.4 is 10.6 Å². The zero-order valence-corrected chi connectivity index (χ0v) is 17.9. The summed E-state index contributed by atoms with van der Waals surface area (Å²) in [6.07, 6.45) is 0. The molecule has 0 aliphatic carbocycles. The molecule has 0 unspecified atom stereocenters. The molecule has 9 nitrogen and oxygen atoms in total. The van der Waals surface area contributed by atoms with Gasteiger partial charge in [-0.25, -0.2) is 9.78 Å². The van der Waals surface area contributed by atoms with Gasteiger partial charge >= 0.3 is 5.97 Å². The summed E-state index contributed by atoms with van der Waals surface area (Å²) in [5, 5.41) is 13.0. The third kappa shape index (κ3) is 4.86. The number of anilines is 3. The molecule has 0 atom stereocenters. The molecule has 0 bridgehead atoms. The van der Waals surface area contributed by atoms with Gasteiger partial charge in [-0.1, -0.05) is 17.7 Å². The molecule has 0 spiro atoms. The highest BCUT2D eigenvalue weighted by atomic mass is 32.1. The Morgan fingerprint density at radius 3 is 2.61 bits per heavy atom. The van der Waals surface area contributed by atoms with Crippen molar-refractivity contribution in [1.82, 2.24) is 4.98 Å². The molecule has 31 heavy (non-hydrogen) atoms. The highest BCUT2D eigenvalue weighted by Crippen LogP contribution is 2.32. The van der Waals surface area contributed by atoms with E-state index in [1.807, 2.05) is 32.0 Å². The van der Waals surface area contributed by atoms with Crippen LogP contribution in [0.1, 0.15) is 34.1 Å². The van der Waals surface area contributed by atoms with Crippen molar-refractivity contribution in [1.29, 1.82) is 0 Å². The summed E-state index contributed by atoms with van der Waals surface area (Å²) >= 11 is 1.24. The molecule has 0 aliphatic rings. The van der Waals surface area contributed by atoms with Gasteiger partial charge in [0.2, 0.25) is 5.91 Å². The molecule has 1 aromatic heterocycles. The highest BCUT2D eigenvalue weighted by Gasteiger charge is 2.21. The minimum Gasteiger partial charge on any atom is -0.455 e. The number of carbonyl (C=O) groups excluding carboxylic acids is 2. The van der Waals surface area contributed by atoms with Gasteiger partial charge < -0.3 is 10.5 Å². The minimum absolute atomic E-state index is 0.0761. The summed E-state index contributed by atoms with van der Waals surface area (Å²) in [5.74, 6) is -0.997. The Morgan fingerprint density at radius 1 is 1.23 bits per heavy atom. The normalized spacial score (nSPS) is 10.5. The number of carbonyl (C=O) groups is 2. The SMILES string of the molecule is CC(=O)N(c1nc(COC(=O)c2cc([N+](=O)[O-])ccc2N)cs1)c1ccc(C)cc1C. The van der Waals surface area contributed by atoms with Crippen LogP contribution in [0.2, 0.25) is 0 Å². The number of ether oxygens (including phenoxy) is 1. The molecular weight excluding hydrogens is 420 g/mol. The van der Waals surface area contributed by atoms with Gasteiger partial charge in [-0.15, -0.1) is 11.3 Å². The third-order valence-electron chi connectivity index (χ3n) is 4.46. The lowest BCUT2D eigenvalue weighted by molar-refractivity contribution is -0.384. The fourth-order valence-corrected chi connectivity index (χ4v) is 3.85. The largest absolute Gasteiger partial charge is 0.455 e.